The van der Waals surface area contributed by atoms with E-state index in [1.807, 2.05) is 13.8 Å². The van der Waals surface area contributed by atoms with Crippen molar-refractivity contribution in [3.05, 3.63) is 28.2 Å². The maximum atomic E-state index is 12.2. The number of carbonyl (C=O) groups excluding carboxylic acids is 1. The van der Waals surface area contributed by atoms with Gasteiger partial charge in [-0.05, 0) is 26.3 Å². The number of carbonyl (C=O) groups is 1. The molecule has 6 heteroatoms. The van der Waals surface area contributed by atoms with Gasteiger partial charge in [-0.2, -0.15) is 5.10 Å². The third-order valence-electron chi connectivity index (χ3n) is 2.62. The maximum Gasteiger partial charge on any atom is 0.274 e. The minimum atomic E-state index is -0.252. The van der Waals surface area contributed by atoms with E-state index in [0.717, 1.165) is 4.68 Å². The molecule has 6 nitrogen and oxygen atoms in total. The molecule has 1 amide bonds. The molecule has 0 aliphatic carbocycles. The van der Waals surface area contributed by atoms with Gasteiger partial charge in [0.05, 0.1) is 0 Å². The third kappa shape index (κ3) is 3.40. The minimum Gasteiger partial charge on any atom is -0.396 e. The Labute approximate surface area is 106 Å². The van der Waals surface area contributed by atoms with E-state index in [9.17, 15) is 9.59 Å². The number of aliphatic hydroxyl groups is 1. The summed E-state index contributed by atoms with van der Waals surface area (Å²) < 4.78 is 1.14. The molecule has 100 valence electrons. The van der Waals surface area contributed by atoms with Crippen molar-refractivity contribution >= 4 is 5.91 Å². The third-order valence-corrected chi connectivity index (χ3v) is 2.62. The molecule has 1 heterocycles. The first kappa shape index (κ1) is 14.4. The summed E-state index contributed by atoms with van der Waals surface area (Å²) in [4.78, 5) is 25.1. The predicted octanol–water partition coefficient (Wildman–Crippen LogP) is 0.0133. The van der Waals surface area contributed by atoms with Crippen molar-refractivity contribution in [1.29, 1.82) is 0 Å². The van der Waals surface area contributed by atoms with E-state index in [4.69, 9.17) is 5.11 Å². The van der Waals surface area contributed by atoms with E-state index in [2.05, 4.69) is 5.10 Å². The zero-order valence-corrected chi connectivity index (χ0v) is 11.0. The van der Waals surface area contributed by atoms with Crippen molar-refractivity contribution < 1.29 is 9.90 Å². The normalized spacial score (nSPS) is 10.7. The van der Waals surface area contributed by atoms with Gasteiger partial charge in [-0.1, -0.05) is 0 Å². The molecule has 0 fully saturated rings. The van der Waals surface area contributed by atoms with Crippen LogP contribution in [0.15, 0.2) is 16.9 Å². The average Bonchev–Trinajstić information content (AvgIpc) is 2.32. The largest absolute Gasteiger partial charge is 0.396 e. The molecule has 1 aromatic heterocycles. The van der Waals surface area contributed by atoms with E-state index < -0.39 is 0 Å². The van der Waals surface area contributed by atoms with Crippen LogP contribution in [0.1, 0.15) is 30.8 Å². The van der Waals surface area contributed by atoms with Gasteiger partial charge in [0.1, 0.15) is 5.69 Å². The lowest BCUT2D eigenvalue weighted by Crippen LogP contribution is -2.39. The molecule has 0 radical (unpaired) electrons. The van der Waals surface area contributed by atoms with Crippen LogP contribution >= 0.6 is 0 Å². The van der Waals surface area contributed by atoms with Crippen LogP contribution in [0.3, 0.4) is 0 Å². The number of aryl methyl sites for hydroxylation is 1. The van der Waals surface area contributed by atoms with E-state index in [-0.39, 0.29) is 29.8 Å². The molecule has 1 aromatic rings. The van der Waals surface area contributed by atoms with Crippen molar-refractivity contribution in [2.75, 3.05) is 13.2 Å². The van der Waals surface area contributed by atoms with Crippen molar-refractivity contribution in [3.8, 4) is 0 Å². The summed E-state index contributed by atoms with van der Waals surface area (Å²) in [5.41, 5.74) is -0.0123. The van der Waals surface area contributed by atoms with Gasteiger partial charge < -0.3 is 10.0 Å². The van der Waals surface area contributed by atoms with Gasteiger partial charge in [0, 0.05) is 32.3 Å². The Morgan fingerprint density at radius 1 is 1.50 bits per heavy atom. The van der Waals surface area contributed by atoms with E-state index in [0.29, 0.717) is 13.0 Å². The Bertz CT molecular complexity index is 468. The second kappa shape index (κ2) is 6.30. The SMILES string of the molecule is CC(C)N(CCCO)C(=O)c1ccc(=O)n(C)n1. The topological polar surface area (TPSA) is 75.4 Å². The lowest BCUT2D eigenvalue weighted by Gasteiger charge is -2.26. The number of amides is 1. The standard InChI is InChI=1S/C12H19N3O3/c1-9(2)15(7-4-8-16)12(18)10-5-6-11(17)14(3)13-10/h5-6,9,16H,4,7-8H2,1-3H3. The molecular formula is C12H19N3O3. The molecule has 0 atom stereocenters. The molecule has 0 bridgehead atoms. The molecule has 0 spiro atoms. The summed E-state index contributed by atoms with van der Waals surface area (Å²) in [5.74, 6) is -0.228. The molecule has 0 aromatic carbocycles. The fraction of sp³-hybridized carbons (Fsp3) is 0.583. The van der Waals surface area contributed by atoms with Gasteiger partial charge in [0.2, 0.25) is 0 Å². The summed E-state index contributed by atoms with van der Waals surface area (Å²) in [6.45, 7) is 4.31. The zero-order valence-electron chi connectivity index (χ0n) is 11.0. The summed E-state index contributed by atoms with van der Waals surface area (Å²) in [5, 5.41) is 12.8. The molecule has 0 aliphatic heterocycles. The minimum absolute atomic E-state index is 0.0167. The number of aliphatic hydroxyl groups excluding tert-OH is 1. The van der Waals surface area contributed by atoms with E-state index >= 15 is 0 Å². The first-order valence-electron chi connectivity index (χ1n) is 5.93. The molecule has 0 saturated heterocycles. The first-order valence-corrected chi connectivity index (χ1v) is 5.93. The fourth-order valence-corrected chi connectivity index (χ4v) is 1.60. The maximum absolute atomic E-state index is 12.2. The number of rotatable bonds is 5. The van der Waals surface area contributed by atoms with Crippen LogP contribution in [-0.4, -0.2) is 44.9 Å². The van der Waals surface area contributed by atoms with Crippen LogP contribution in [0, 0.1) is 0 Å². The van der Waals surface area contributed by atoms with Gasteiger partial charge >= 0.3 is 0 Å². The summed E-state index contributed by atoms with van der Waals surface area (Å²) in [7, 11) is 1.51. The second-order valence-corrected chi connectivity index (χ2v) is 4.35. The first-order chi connectivity index (χ1) is 8.47. The summed E-state index contributed by atoms with van der Waals surface area (Å²) in [6, 6.07) is 2.77. The highest BCUT2D eigenvalue weighted by atomic mass is 16.3. The van der Waals surface area contributed by atoms with Crippen LogP contribution in [0.2, 0.25) is 0 Å². The Kier molecular flexibility index (Phi) is 5.03. The van der Waals surface area contributed by atoms with Crippen molar-refractivity contribution in [3.63, 3.8) is 0 Å². The highest BCUT2D eigenvalue weighted by Gasteiger charge is 2.19. The molecule has 0 saturated carbocycles. The molecule has 0 aliphatic rings. The molecular weight excluding hydrogens is 234 g/mol. The molecule has 1 N–H and O–H groups in total. The second-order valence-electron chi connectivity index (χ2n) is 4.35. The van der Waals surface area contributed by atoms with Crippen LogP contribution in [-0.2, 0) is 7.05 Å². The number of nitrogens with zero attached hydrogens (tertiary/aromatic N) is 3. The Hall–Kier alpha value is -1.69. The highest BCUT2D eigenvalue weighted by molar-refractivity contribution is 5.92. The molecule has 1 rings (SSSR count). The number of aromatic nitrogens is 2. The van der Waals surface area contributed by atoms with E-state index in [1.165, 1.54) is 19.2 Å². The van der Waals surface area contributed by atoms with Crippen molar-refractivity contribution in [2.45, 2.75) is 26.3 Å². The summed E-state index contributed by atoms with van der Waals surface area (Å²) >= 11 is 0. The predicted molar refractivity (Wildman–Crippen MR) is 67.4 cm³/mol. The van der Waals surface area contributed by atoms with Crippen LogP contribution in [0.4, 0.5) is 0 Å². The van der Waals surface area contributed by atoms with Gasteiger partial charge in [-0.3, -0.25) is 9.59 Å². The Morgan fingerprint density at radius 2 is 2.17 bits per heavy atom. The lowest BCUT2D eigenvalue weighted by atomic mass is 10.2. The average molecular weight is 253 g/mol. The van der Waals surface area contributed by atoms with Crippen LogP contribution in [0.5, 0.6) is 0 Å². The smallest absolute Gasteiger partial charge is 0.274 e. The number of hydrogen-bond acceptors (Lipinski definition) is 4. The van der Waals surface area contributed by atoms with Gasteiger partial charge in [-0.25, -0.2) is 4.68 Å². The molecule has 18 heavy (non-hydrogen) atoms. The van der Waals surface area contributed by atoms with Crippen LogP contribution in [0.25, 0.3) is 0 Å². The van der Waals surface area contributed by atoms with E-state index in [1.54, 1.807) is 4.90 Å². The zero-order chi connectivity index (χ0) is 13.7. The highest BCUT2D eigenvalue weighted by Crippen LogP contribution is 2.06. The monoisotopic (exact) mass is 253 g/mol. The quantitative estimate of drug-likeness (QED) is 0.802. The van der Waals surface area contributed by atoms with Gasteiger partial charge in [-0.15, -0.1) is 0 Å². The Balaban J connectivity index is 2.94. The molecule has 0 unspecified atom stereocenters. The lowest BCUT2D eigenvalue weighted by molar-refractivity contribution is 0.0684. The van der Waals surface area contributed by atoms with Crippen molar-refractivity contribution in [1.82, 2.24) is 14.7 Å². The van der Waals surface area contributed by atoms with Crippen LogP contribution < -0.4 is 5.56 Å². The van der Waals surface area contributed by atoms with Gasteiger partial charge in [0.15, 0.2) is 0 Å². The van der Waals surface area contributed by atoms with Crippen molar-refractivity contribution in [2.24, 2.45) is 7.05 Å². The number of hydrogen-bond donors (Lipinski definition) is 1. The fourth-order valence-electron chi connectivity index (χ4n) is 1.60. The van der Waals surface area contributed by atoms with Gasteiger partial charge in [0.25, 0.3) is 11.5 Å². The summed E-state index contributed by atoms with van der Waals surface area (Å²) in [6.07, 6.45) is 0.523. The Morgan fingerprint density at radius 3 is 2.67 bits per heavy atom.